The van der Waals surface area contributed by atoms with Crippen molar-refractivity contribution >= 4 is 52.6 Å². The molecule has 0 atom stereocenters. The van der Waals surface area contributed by atoms with E-state index in [0.717, 1.165) is 12.8 Å². The summed E-state index contributed by atoms with van der Waals surface area (Å²) in [4.78, 5) is 0. The summed E-state index contributed by atoms with van der Waals surface area (Å²) in [5, 5.41) is 11.9. The Morgan fingerprint density at radius 2 is 1.82 bits per heavy atom. The molecule has 0 saturated heterocycles. The molecule has 0 aliphatic rings. The number of ether oxygens (including phenoxy) is 2. The maximum Gasteiger partial charge on any atom is 0.156 e. The van der Waals surface area contributed by atoms with Crippen molar-refractivity contribution in [2.75, 3.05) is 13.2 Å². The highest BCUT2D eigenvalue weighted by Crippen LogP contribution is 2.37. The van der Waals surface area contributed by atoms with E-state index in [2.05, 4.69) is 5.16 Å². The van der Waals surface area contributed by atoms with Gasteiger partial charge in [-0.2, -0.15) is 0 Å². The maximum atomic E-state index is 8.26. The van der Waals surface area contributed by atoms with Crippen LogP contribution in [0.4, 0.5) is 0 Å². The highest BCUT2D eigenvalue weighted by atomic mass is 35.5. The van der Waals surface area contributed by atoms with E-state index in [0.29, 0.717) is 34.6 Å². The fourth-order valence-electron chi connectivity index (χ4n) is 1.53. The summed E-state index contributed by atoms with van der Waals surface area (Å²) < 4.78 is 11.1. The minimum absolute atomic E-state index is 0.128. The second kappa shape index (κ2) is 10.8. The molecular formula is C14H15Cl4NO3. The molecule has 122 valence electrons. The second-order valence-electron chi connectivity index (χ2n) is 4.16. The van der Waals surface area contributed by atoms with Crippen LogP contribution >= 0.6 is 46.4 Å². The number of unbranched alkanes of at least 4 members (excludes halogenated alkanes) is 2. The van der Waals surface area contributed by atoms with Crippen molar-refractivity contribution in [3.8, 4) is 11.5 Å². The lowest BCUT2D eigenvalue weighted by Crippen LogP contribution is -2.00. The van der Waals surface area contributed by atoms with Crippen LogP contribution in [0.1, 0.15) is 19.3 Å². The van der Waals surface area contributed by atoms with E-state index in [4.69, 9.17) is 61.1 Å². The van der Waals surface area contributed by atoms with Gasteiger partial charge in [0.2, 0.25) is 0 Å². The third-order valence-electron chi connectivity index (χ3n) is 2.52. The van der Waals surface area contributed by atoms with E-state index in [1.165, 1.54) is 12.3 Å². The fraction of sp³-hybridized carbons (Fsp3) is 0.357. The van der Waals surface area contributed by atoms with E-state index in [1.54, 1.807) is 12.1 Å². The SMILES string of the molecule is ON=CCCCCOc1c(Cl)cc(OCC=C(Cl)Cl)cc1Cl. The summed E-state index contributed by atoms with van der Waals surface area (Å²) in [6, 6.07) is 3.22. The first-order chi connectivity index (χ1) is 10.5. The number of oxime groups is 1. The van der Waals surface area contributed by atoms with E-state index in [9.17, 15) is 0 Å². The average molecular weight is 387 g/mol. The first-order valence-corrected chi connectivity index (χ1v) is 7.97. The van der Waals surface area contributed by atoms with Crippen LogP contribution in [0.3, 0.4) is 0 Å². The Morgan fingerprint density at radius 3 is 2.41 bits per heavy atom. The minimum atomic E-state index is 0.128. The Bertz CT molecular complexity index is 508. The highest BCUT2D eigenvalue weighted by Gasteiger charge is 2.10. The number of rotatable bonds is 9. The lowest BCUT2D eigenvalue weighted by molar-refractivity contribution is 0.305. The molecule has 1 N–H and O–H groups in total. The van der Waals surface area contributed by atoms with Gasteiger partial charge in [-0.25, -0.2) is 0 Å². The molecule has 8 heteroatoms. The molecular weight excluding hydrogens is 372 g/mol. The van der Waals surface area contributed by atoms with Crippen LogP contribution in [0.5, 0.6) is 11.5 Å². The minimum Gasteiger partial charge on any atom is -0.490 e. The average Bonchev–Trinajstić information content (AvgIpc) is 2.44. The van der Waals surface area contributed by atoms with Gasteiger partial charge in [-0.05, 0) is 25.3 Å². The van der Waals surface area contributed by atoms with Gasteiger partial charge >= 0.3 is 0 Å². The summed E-state index contributed by atoms with van der Waals surface area (Å²) >= 11 is 23.2. The molecule has 0 heterocycles. The molecule has 0 unspecified atom stereocenters. The van der Waals surface area contributed by atoms with Crippen LogP contribution < -0.4 is 9.47 Å². The number of nitrogens with zero attached hydrogens (tertiary/aromatic N) is 1. The quantitative estimate of drug-likeness (QED) is 0.256. The molecule has 4 nitrogen and oxygen atoms in total. The molecule has 0 amide bonds. The molecule has 0 aliphatic carbocycles. The standard InChI is InChI=1S/C14H15Cl4NO3/c15-11-8-10(21-7-4-13(17)18)9-12(16)14(11)22-6-3-1-2-5-19-20/h4-5,8-9,20H,1-3,6-7H2. The number of hydrogen-bond donors (Lipinski definition) is 1. The molecule has 0 aromatic heterocycles. The van der Waals surface area contributed by atoms with Crippen LogP contribution in [-0.2, 0) is 0 Å². The van der Waals surface area contributed by atoms with Gasteiger partial charge in [0.05, 0.1) is 16.7 Å². The normalized spacial score (nSPS) is 10.7. The Labute approximate surface area is 149 Å². The summed E-state index contributed by atoms with van der Waals surface area (Å²) in [5.74, 6) is 0.907. The Hall–Kier alpha value is -0.810. The van der Waals surface area contributed by atoms with Crippen LogP contribution in [-0.4, -0.2) is 24.6 Å². The lowest BCUT2D eigenvalue weighted by Gasteiger charge is -2.12. The largest absolute Gasteiger partial charge is 0.490 e. The van der Waals surface area contributed by atoms with Gasteiger partial charge in [-0.1, -0.05) is 46.4 Å². The molecule has 0 aliphatic heterocycles. The Morgan fingerprint density at radius 1 is 1.14 bits per heavy atom. The number of benzene rings is 1. The molecule has 0 fully saturated rings. The van der Waals surface area contributed by atoms with Crippen molar-refractivity contribution in [1.82, 2.24) is 0 Å². The van der Waals surface area contributed by atoms with Crippen molar-refractivity contribution in [2.24, 2.45) is 5.16 Å². The Kier molecular flexibility index (Phi) is 9.48. The van der Waals surface area contributed by atoms with Gasteiger partial charge < -0.3 is 14.7 Å². The molecule has 0 radical (unpaired) electrons. The predicted octanol–water partition coefficient (Wildman–Crippen LogP) is 5.70. The molecule has 22 heavy (non-hydrogen) atoms. The van der Waals surface area contributed by atoms with Crippen molar-refractivity contribution in [3.63, 3.8) is 0 Å². The second-order valence-corrected chi connectivity index (χ2v) is 5.99. The monoisotopic (exact) mass is 385 g/mol. The number of halogens is 4. The number of hydrogen-bond acceptors (Lipinski definition) is 4. The first-order valence-electron chi connectivity index (χ1n) is 6.46. The summed E-state index contributed by atoms with van der Waals surface area (Å²) in [7, 11) is 0. The van der Waals surface area contributed by atoms with Crippen molar-refractivity contribution in [2.45, 2.75) is 19.3 Å². The van der Waals surface area contributed by atoms with Gasteiger partial charge in [0, 0.05) is 18.3 Å². The molecule has 1 rings (SSSR count). The summed E-state index contributed by atoms with van der Waals surface area (Å²) in [6.45, 7) is 0.672. The summed E-state index contributed by atoms with van der Waals surface area (Å²) in [5.41, 5.74) is 0. The molecule has 1 aromatic carbocycles. The van der Waals surface area contributed by atoms with Crippen molar-refractivity contribution in [1.29, 1.82) is 0 Å². The van der Waals surface area contributed by atoms with Crippen LogP contribution in [0, 0.1) is 0 Å². The van der Waals surface area contributed by atoms with Crippen LogP contribution in [0.15, 0.2) is 27.9 Å². The smallest absolute Gasteiger partial charge is 0.156 e. The lowest BCUT2D eigenvalue weighted by atomic mass is 10.2. The topological polar surface area (TPSA) is 51.1 Å². The zero-order valence-corrected chi connectivity index (χ0v) is 14.6. The van der Waals surface area contributed by atoms with Crippen LogP contribution in [0.25, 0.3) is 0 Å². The maximum absolute atomic E-state index is 8.26. The van der Waals surface area contributed by atoms with Gasteiger partial charge in [-0.3, -0.25) is 0 Å². The van der Waals surface area contributed by atoms with Crippen LogP contribution in [0.2, 0.25) is 10.0 Å². The fourth-order valence-corrected chi connectivity index (χ4v) is 2.23. The third kappa shape index (κ3) is 7.45. The van der Waals surface area contributed by atoms with Crippen molar-refractivity contribution < 1.29 is 14.7 Å². The predicted molar refractivity (Wildman–Crippen MR) is 91.4 cm³/mol. The van der Waals surface area contributed by atoms with Crippen molar-refractivity contribution in [3.05, 3.63) is 32.7 Å². The molecule has 1 aromatic rings. The zero-order valence-electron chi connectivity index (χ0n) is 11.6. The van der Waals surface area contributed by atoms with E-state index in [1.807, 2.05) is 0 Å². The summed E-state index contributed by atoms with van der Waals surface area (Å²) in [6.07, 6.45) is 5.26. The zero-order chi connectivity index (χ0) is 16.4. The van der Waals surface area contributed by atoms with E-state index >= 15 is 0 Å². The Balaban J connectivity index is 2.52. The van der Waals surface area contributed by atoms with Gasteiger partial charge in [0.1, 0.15) is 16.8 Å². The molecule has 0 bridgehead atoms. The first kappa shape index (κ1) is 19.2. The van der Waals surface area contributed by atoms with Gasteiger partial charge in [0.15, 0.2) is 5.75 Å². The molecule has 0 saturated carbocycles. The van der Waals surface area contributed by atoms with E-state index < -0.39 is 0 Å². The molecule has 0 spiro atoms. The van der Waals surface area contributed by atoms with E-state index in [-0.39, 0.29) is 11.1 Å². The highest BCUT2D eigenvalue weighted by molar-refractivity contribution is 6.55. The van der Waals surface area contributed by atoms with Gasteiger partial charge in [0.25, 0.3) is 0 Å². The third-order valence-corrected chi connectivity index (χ3v) is 3.39. The van der Waals surface area contributed by atoms with Gasteiger partial charge in [-0.15, -0.1) is 5.16 Å².